The Morgan fingerprint density at radius 2 is 1.58 bits per heavy atom. The number of rotatable bonds is 4. The number of piperazine rings is 1. The summed E-state index contributed by atoms with van der Waals surface area (Å²) in [7, 11) is 0. The molecule has 0 radical (unpaired) electrons. The number of urea groups is 1. The molecule has 1 heterocycles. The number of amides is 3. The largest absolute Gasteiger partial charge is 0.369 e. The summed E-state index contributed by atoms with van der Waals surface area (Å²) in [6, 6.07) is 15.2. The topological polar surface area (TPSA) is 64.7 Å². The van der Waals surface area contributed by atoms with Gasteiger partial charge in [0.1, 0.15) is 5.82 Å². The molecule has 1 aliphatic heterocycles. The average Bonchev–Trinajstić information content (AvgIpc) is 2.65. The minimum absolute atomic E-state index is 0.0364. The van der Waals surface area contributed by atoms with Crippen molar-refractivity contribution in [3.8, 4) is 0 Å². The molecule has 3 amide bonds. The van der Waals surface area contributed by atoms with E-state index in [9.17, 15) is 14.0 Å². The first kappa shape index (κ1) is 17.9. The number of anilines is 2. The Balaban J connectivity index is 1.43. The monoisotopic (exact) mass is 356 g/mol. The van der Waals surface area contributed by atoms with Crippen molar-refractivity contribution in [1.82, 2.24) is 10.2 Å². The predicted octanol–water partition coefficient (Wildman–Crippen LogP) is 2.30. The Bertz CT molecular complexity index is 761. The lowest BCUT2D eigenvalue weighted by Crippen LogP contribution is -2.50. The van der Waals surface area contributed by atoms with Crippen LogP contribution in [0.25, 0.3) is 0 Å². The lowest BCUT2D eigenvalue weighted by Gasteiger charge is -2.35. The minimum Gasteiger partial charge on any atom is -0.369 e. The zero-order valence-electron chi connectivity index (χ0n) is 14.3. The van der Waals surface area contributed by atoms with E-state index in [1.54, 1.807) is 6.07 Å². The van der Waals surface area contributed by atoms with E-state index in [0.717, 1.165) is 26.2 Å². The predicted molar refractivity (Wildman–Crippen MR) is 98.7 cm³/mol. The van der Waals surface area contributed by atoms with Crippen molar-refractivity contribution < 1.29 is 14.0 Å². The molecule has 0 saturated carbocycles. The Kier molecular flexibility index (Phi) is 5.80. The van der Waals surface area contributed by atoms with Crippen LogP contribution in [0.15, 0.2) is 54.6 Å². The van der Waals surface area contributed by atoms with Gasteiger partial charge in [0.05, 0.1) is 12.2 Å². The Labute approximate surface area is 151 Å². The highest BCUT2D eigenvalue weighted by molar-refractivity contribution is 6.01. The van der Waals surface area contributed by atoms with Crippen molar-refractivity contribution in [1.29, 1.82) is 0 Å². The smallest absolute Gasteiger partial charge is 0.326 e. The van der Waals surface area contributed by atoms with Gasteiger partial charge in [-0.2, -0.15) is 0 Å². The van der Waals surface area contributed by atoms with E-state index in [0.29, 0.717) is 0 Å². The first-order chi connectivity index (χ1) is 12.6. The number of benzene rings is 2. The summed E-state index contributed by atoms with van der Waals surface area (Å²) in [5.74, 6) is -0.959. The molecule has 0 bridgehead atoms. The van der Waals surface area contributed by atoms with Gasteiger partial charge in [0.25, 0.3) is 0 Å². The standard InChI is InChI=1S/C19H21FN4O2/c20-16-8-4-5-9-17(16)21-19(26)22-18(25)14-23-10-12-24(13-11-23)15-6-2-1-3-7-15/h1-9H,10-14H2,(H2,21,22,25,26). The maximum Gasteiger partial charge on any atom is 0.326 e. The van der Waals surface area contributed by atoms with Crippen molar-refractivity contribution >= 4 is 23.3 Å². The highest BCUT2D eigenvalue weighted by atomic mass is 19.1. The van der Waals surface area contributed by atoms with Crippen molar-refractivity contribution in [2.24, 2.45) is 0 Å². The number of hydrogen-bond acceptors (Lipinski definition) is 4. The number of halogens is 1. The van der Waals surface area contributed by atoms with E-state index in [-0.39, 0.29) is 12.2 Å². The summed E-state index contributed by atoms with van der Waals surface area (Å²) in [5, 5.41) is 4.57. The number of hydrogen-bond donors (Lipinski definition) is 2. The molecule has 0 unspecified atom stereocenters. The molecule has 1 fully saturated rings. The zero-order chi connectivity index (χ0) is 18.4. The van der Waals surface area contributed by atoms with Crippen LogP contribution in [0.1, 0.15) is 0 Å². The summed E-state index contributed by atoms with van der Waals surface area (Å²) >= 11 is 0. The van der Waals surface area contributed by atoms with E-state index < -0.39 is 17.8 Å². The second kappa shape index (κ2) is 8.44. The molecular formula is C19H21FN4O2. The molecule has 0 aliphatic carbocycles. The average molecular weight is 356 g/mol. The molecular weight excluding hydrogens is 335 g/mol. The molecule has 2 N–H and O–H groups in total. The Morgan fingerprint density at radius 3 is 2.27 bits per heavy atom. The van der Waals surface area contributed by atoms with Gasteiger partial charge in [0.2, 0.25) is 5.91 Å². The number of imide groups is 1. The van der Waals surface area contributed by atoms with Crippen LogP contribution in [0.2, 0.25) is 0 Å². The van der Waals surface area contributed by atoms with Gasteiger partial charge in [-0.3, -0.25) is 15.0 Å². The molecule has 1 aliphatic rings. The summed E-state index contributed by atoms with van der Waals surface area (Å²) in [5.41, 5.74) is 1.20. The van der Waals surface area contributed by atoms with Crippen LogP contribution < -0.4 is 15.5 Å². The fourth-order valence-electron chi connectivity index (χ4n) is 2.89. The van der Waals surface area contributed by atoms with E-state index in [2.05, 4.69) is 27.7 Å². The van der Waals surface area contributed by atoms with E-state index in [1.807, 2.05) is 23.1 Å². The fraction of sp³-hybridized carbons (Fsp3) is 0.263. The maximum absolute atomic E-state index is 13.5. The second-order valence-corrected chi connectivity index (χ2v) is 6.08. The van der Waals surface area contributed by atoms with Gasteiger partial charge in [-0.15, -0.1) is 0 Å². The summed E-state index contributed by atoms with van der Waals surface area (Å²) in [6.45, 7) is 3.24. The zero-order valence-corrected chi connectivity index (χ0v) is 14.3. The van der Waals surface area contributed by atoms with Crippen molar-refractivity contribution in [2.75, 3.05) is 42.9 Å². The summed E-state index contributed by atoms with van der Waals surface area (Å²) in [4.78, 5) is 28.1. The van der Waals surface area contributed by atoms with Gasteiger partial charge in [0.15, 0.2) is 0 Å². The van der Waals surface area contributed by atoms with Gasteiger partial charge in [-0.25, -0.2) is 9.18 Å². The lowest BCUT2D eigenvalue weighted by atomic mass is 10.2. The molecule has 7 heteroatoms. The molecule has 2 aromatic carbocycles. The third-order valence-electron chi connectivity index (χ3n) is 4.24. The van der Waals surface area contributed by atoms with E-state index in [4.69, 9.17) is 0 Å². The summed E-state index contributed by atoms with van der Waals surface area (Å²) < 4.78 is 13.5. The second-order valence-electron chi connectivity index (χ2n) is 6.08. The number of para-hydroxylation sites is 2. The van der Waals surface area contributed by atoms with Crippen LogP contribution in [0, 0.1) is 5.82 Å². The van der Waals surface area contributed by atoms with Crippen molar-refractivity contribution in [3.05, 3.63) is 60.4 Å². The highest BCUT2D eigenvalue weighted by Gasteiger charge is 2.20. The molecule has 3 rings (SSSR count). The molecule has 26 heavy (non-hydrogen) atoms. The van der Waals surface area contributed by atoms with Crippen LogP contribution in [0.5, 0.6) is 0 Å². The fourth-order valence-corrected chi connectivity index (χ4v) is 2.89. The van der Waals surface area contributed by atoms with Gasteiger partial charge < -0.3 is 10.2 Å². The molecule has 6 nitrogen and oxygen atoms in total. The molecule has 136 valence electrons. The van der Waals surface area contributed by atoms with Crippen LogP contribution in [0.4, 0.5) is 20.6 Å². The molecule has 0 spiro atoms. The lowest BCUT2D eigenvalue weighted by molar-refractivity contribution is -0.121. The third-order valence-corrected chi connectivity index (χ3v) is 4.24. The number of carbonyl (C=O) groups is 2. The van der Waals surface area contributed by atoms with Crippen molar-refractivity contribution in [3.63, 3.8) is 0 Å². The van der Waals surface area contributed by atoms with Crippen LogP contribution in [-0.2, 0) is 4.79 Å². The number of nitrogens with one attached hydrogen (secondary N) is 2. The molecule has 1 saturated heterocycles. The minimum atomic E-state index is -0.733. The van der Waals surface area contributed by atoms with Gasteiger partial charge in [0, 0.05) is 31.9 Å². The third kappa shape index (κ3) is 4.80. The maximum atomic E-state index is 13.5. The normalized spacial score (nSPS) is 14.7. The summed E-state index contributed by atoms with van der Waals surface area (Å²) in [6.07, 6.45) is 0. The first-order valence-corrected chi connectivity index (χ1v) is 8.49. The molecule has 2 aromatic rings. The number of carbonyl (C=O) groups excluding carboxylic acids is 2. The SMILES string of the molecule is O=C(CN1CCN(c2ccccc2)CC1)NC(=O)Nc1ccccc1F. The Morgan fingerprint density at radius 1 is 0.923 bits per heavy atom. The van der Waals surface area contributed by atoms with Crippen LogP contribution in [-0.4, -0.2) is 49.6 Å². The van der Waals surface area contributed by atoms with Gasteiger partial charge >= 0.3 is 6.03 Å². The van der Waals surface area contributed by atoms with Crippen LogP contribution in [0.3, 0.4) is 0 Å². The van der Waals surface area contributed by atoms with E-state index >= 15 is 0 Å². The van der Waals surface area contributed by atoms with Crippen LogP contribution >= 0.6 is 0 Å². The first-order valence-electron chi connectivity index (χ1n) is 8.49. The molecule has 0 aromatic heterocycles. The quantitative estimate of drug-likeness (QED) is 0.882. The molecule has 0 atom stereocenters. The highest BCUT2D eigenvalue weighted by Crippen LogP contribution is 2.15. The van der Waals surface area contributed by atoms with E-state index in [1.165, 1.54) is 23.9 Å². The van der Waals surface area contributed by atoms with Crippen molar-refractivity contribution in [2.45, 2.75) is 0 Å². The Hall–Kier alpha value is -2.93. The van der Waals surface area contributed by atoms with Gasteiger partial charge in [-0.05, 0) is 24.3 Å². The van der Waals surface area contributed by atoms with Gasteiger partial charge in [-0.1, -0.05) is 30.3 Å². The number of nitrogens with zero attached hydrogens (tertiary/aromatic N) is 2.